The molecule has 2 atom stereocenters. The minimum absolute atomic E-state index is 0.101. The first-order chi connectivity index (χ1) is 14.3. The van der Waals surface area contributed by atoms with Gasteiger partial charge in [-0.05, 0) is 56.4 Å². The summed E-state index contributed by atoms with van der Waals surface area (Å²) in [4.78, 5) is 41.4. The topological polar surface area (TPSA) is 85.4 Å². The molecule has 2 unspecified atom stereocenters. The highest BCUT2D eigenvalue weighted by Gasteiger charge is 2.29. The molecule has 2 rings (SSSR count). The monoisotopic (exact) mass is 410 g/mol. The Labute approximate surface area is 178 Å². The van der Waals surface area contributed by atoms with E-state index in [0.29, 0.717) is 25.3 Å². The molecular weight excluding hydrogens is 380 g/mol. The van der Waals surface area contributed by atoms with E-state index < -0.39 is 5.92 Å². The number of benzene rings is 1. The second kappa shape index (κ2) is 10.7. The van der Waals surface area contributed by atoms with E-state index in [1.165, 1.54) is 7.11 Å². The number of aromatic nitrogens is 1. The summed E-state index contributed by atoms with van der Waals surface area (Å²) in [5.41, 5.74) is 4.05. The standard InChI is InChI=1S/C24H30N2O4/c1-6-18(10-11-25-24(29)20-8-7-9-21(26-20)30-5)23(28)19(14-27)22-16(3)12-15(2)13-17(22)4/h7-9,12-14,18-19H,6,10-11H2,1-5H3,(H,25,29). The van der Waals surface area contributed by atoms with Crippen LogP contribution in [0.3, 0.4) is 0 Å². The molecule has 6 heteroatoms. The number of aldehydes is 1. The van der Waals surface area contributed by atoms with Crippen LogP contribution in [0.5, 0.6) is 5.88 Å². The molecule has 0 spiro atoms. The number of pyridine rings is 1. The summed E-state index contributed by atoms with van der Waals surface area (Å²) in [7, 11) is 1.49. The Balaban J connectivity index is 2.06. The number of aryl methyl sites for hydroxylation is 3. The molecule has 0 fully saturated rings. The number of ketones is 1. The molecule has 0 saturated carbocycles. The van der Waals surface area contributed by atoms with E-state index in [9.17, 15) is 14.4 Å². The van der Waals surface area contributed by atoms with Crippen LogP contribution in [0.4, 0.5) is 0 Å². The fourth-order valence-electron chi connectivity index (χ4n) is 3.87. The van der Waals surface area contributed by atoms with Gasteiger partial charge in [0.15, 0.2) is 5.78 Å². The number of carbonyl (C=O) groups is 3. The molecule has 1 N–H and O–H groups in total. The van der Waals surface area contributed by atoms with Gasteiger partial charge >= 0.3 is 0 Å². The van der Waals surface area contributed by atoms with Crippen molar-refractivity contribution in [2.75, 3.05) is 13.7 Å². The summed E-state index contributed by atoms with van der Waals surface area (Å²) in [6.45, 7) is 8.10. The van der Waals surface area contributed by atoms with Gasteiger partial charge in [0.1, 0.15) is 12.0 Å². The highest BCUT2D eigenvalue weighted by Crippen LogP contribution is 2.28. The quantitative estimate of drug-likeness (QED) is 0.477. The highest BCUT2D eigenvalue weighted by molar-refractivity contribution is 6.01. The van der Waals surface area contributed by atoms with Crippen LogP contribution in [0.15, 0.2) is 30.3 Å². The van der Waals surface area contributed by atoms with E-state index in [1.54, 1.807) is 18.2 Å². The molecule has 1 aromatic carbocycles. The fourth-order valence-corrected chi connectivity index (χ4v) is 3.87. The van der Waals surface area contributed by atoms with Crippen LogP contribution in [0, 0.1) is 26.7 Å². The Morgan fingerprint density at radius 2 is 1.83 bits per heavy atom. The zero-order chi connectivity index (χ0) is 22.3. The van der Waals surface area contributed by atoms with Gasteiger partial charge < -0.3 is 14.8 Å². The van der Waals surface area contributed by atoms with Crippen LogP contribution < -0.4 is 10.1 Å². The number of nitrogens with zero attached hydrogens (tertiary/aromatic N) is 1. The number of rotatable bonds is 10. The van der Waals surface area contributed by atoms with E-state index in [0.717, 1.165) is 28.5 Å². The molecule has 1 aromatic heterocycles. The van der Waals surface area contributed by atoms with Crippen molar-refractivity contribution in [3.63, 3.8) is 0 Å². The van der Waals surface area contributed by atoms with Crippen LogP contribution in [0.1, 0.15) is 58.4 Å². The molecule has 1 heterocycles. The van der Waals surface area contributed by atoms with Gasteiger partial charge in [-0.15, -0.1) is 0 Å². The number of carbonyl (C=O) groups excluding carboxylic acids is 3. The van der Waals surface area contributed by atoms with Crippen molar-refractivity contribution in [3.8, 4) is 5.88 Å². The maximum atomic E-state index is 13.2. The van der Waals surface area contributed by atoms with Crippen LogP contribution >= 0.6 is 0 Å². The fraction of sp³-hybridized carbons (Fsp3) is 0.417. The lowest BCUT2D eigenvalue weighted by atomic mass is 9.81. The van der Waals surface area contributed by atoms with Crippen molar-refractivity contribution < 1.29 is 19.1 Å². The van der Waals surface area contributed by atoms with E-state index in [4.69, 9.17) is 4.74 Å². The van der Waals surface area contributed by atoms with Crippen LogP contribution in [0.2, 0.25) is 0 Å². The highest BCUT2D eigenvalue weighted by atomic mass is 16.5. The summed E-state index contributed by atoms with van der Waals surface area (Å²) >= 11 is 0. The smallest absolute Gasteiger partial charge is 0.270 e. The van der Waals surface area contributed by atoms with Crippen molar-refractivity contribution >= 4 is 18.0 Å². The van der Waals surface area contributed by atoms with Crippen LogP contribution in [-0.2, 0) is 9.59 Å². The lowest BCUT2D eigenvalue weighted by Gasteiger charge is -2.21. The van der Waals surface area contributed by atoms with E-state index in [-0.39, 0.29) is 23.3 Å². The SMILES string of the molecule is CCC(CCNC(=O)c1cccc(OC)n1)C(=O)C(C=O)c1c(C)cc(C)cc1C. The Hall–Kier alpha value is -3.02. The summed E-state index contributed by atoms with van der Waals surface area (Å²) < 4.78 is 5.04. The molecule has 0 saturated heterocycles. The third-order valence-corrected chi connectivity index (χ3v) is 5.33. The zero-order valence-corrected chi connectivity index (χ0v) is 18.3. The van der Waals surface area contributed by atoms with Crippen molar-refractivity contribution in [2.45, 2.75) is 46.5 Å². The first kappa shape index (κ1) is 23.3. The summed E-state index contributed by atoms with van der Waals surface area (Å²) in [6, 6.07) is 8.95. The van der Waals surface area contributed by atoms with Gasteiger partial charge in [-0.25, -0.2) is 4.98 Å². The average Bonchev–Trinajstić information content (AvgIpc) is 2.73. The Morgan fingerprint density at radius 1 is 1.17 bits per heavy atom. The number of Topliss-reactive ketones (excluding diaryl/α,β-unsaturated/α-hetero) is 1. The Bertz CT molecular complexity index is 900. The third-order valence-electron chi connectivity index (χ3n) is 5.33. The zero-order valence-electron chi connectivity index (χ0n) is 18.3. The molecule has 0 radical (unpaired) electrons. The minimum Gasteiger partial charge on any atom is -0.481 e. The number of hydrogen-bond donors (Lipinski definition) is 1. The van der Waals surface area contributed by atoms with Crippen LogP contribution in [-0.4, -0.2) is 36.6 Å². The number of ether oxygens (including phenoxy) is 1. The molecule has 0 aliphatic rings. The van der Waals surface area contributed by atoms with E-state index in [1.807, 2.05) is 39.8 Å². The molecule has 160 valence electrons. The number of nitrogens with one attached hydrogen (secondary N) is 1. The predicted octanol–water partition coefficient (Wildman–Crippen LogP) is 3.71. The van der Waals surface area contributed by atoms with Gasteiger partial charge in [0.05, 0.1) is 13.0 Å². The molecule has 2 aromatic rings. The Kier molecular flexibility index (Phi) is 8.27. The van der Waals surface area contributed by atoms with Gasteiger partial charge in [0.2, 0.25) is 5.88 Å². The maximum absolute atomic E-state index is 13.2. The van der Waals surface area contributed by atoms with Crippen molar-refractivity contribution in [3.05, 3.63) is 58.3 Å². The molecule has 0 bridgehead atoms. The largest absolute Gasteiger partial charge is 0.481 e. The van der Waals surface area contributed by atoms with Gasteiger partial charge in [0.25, 0.3) is 5.91 Å². The Morgan fingerprint density at radius 3 is 2.40 bits per heavy atom. The lowest BCUT2D eigenvalue weighted by molar-refractivity contribution is -0.127. The van der Waals surface area contributed by atoms with E-state index in [2.05, 4.69) is 10.3 Å². The average molecular weight is 411 g/mol. The normalized spacial score (nSPS) is 12.7. The molecular formula is C24H30N2O4. The second-order valence-corrected chi connectivity index (χ2v) is 7.54. The first-order valence-electron chi connectivity index (χ1n) is 10.2. The van der Waals surface area contributed by atoms with Crippen molar-refractivity contribution in [1.29, 1.82) is 0 Å². The molecule has 30 heavy (non-hydrogen) atoms. The van der Waals surface area contributed by atoms with Gasteiger partial charge in [-0.1, -0.05) is 30.7 Å². The van der Waals surface area contributed by atoms with Crippen molar-refractivity contribution in [2.24, 2.45) is 5.92 Å². The molecule has 1 amide bonds. The lowest BCUT2D eigenvalue weighted by Crippen LogP contribution is -2.30. The summed E-state index contributed by atoms with van der Waals surface area (Å²) in [5, 5.41) is 2.80. The molecule has 6 nitrogen and oxygen atoms in total. The summed E-state index contributed by atoms with van der Waals surface area (Å²) in [5.74, 6) is -1.17. The van der Waals surface area contributed by atoms with Gasteiger partial charge in [-0.3, -0.25) is 9.59 Å². The minimum atomic E-state index is -0.786. The third kappa shape index (κ3) is 5.53. The second-order valence-electron chi connectivity index (χ2n) is 7.54. The number of methoxy groups -OCH3 is 1. The maximum Gasteiger partial charge on any atom is 0.270 e. The summed E-state index contributed by atoms with van der Waals surface area (Å²) in [6.07, 6.45) is 1.80. The van der Waals surface area contributed by atoms with Crippen LogP contribution in [0.25, 0.3) is 0 Å². The predicted molar refractivity (Wildman–Crippen MR) is 116 cm³/mol. The molecule has 0 aliphatic heterocycles. The van der Waals surface area contributed by atoms with Crippen molar-refractivity contribution in [1.82, 2.24) is 10.3 Å². The first-order valence-corrected chi connectivity index (χ1v) is 10.2. The van der Waals surface area contributed by atoms with Gasteiger partial charge in [-0.2, -0.15) is 0 Å². The van der Waals surface area contributed by atoms with E-state index >= 15 is 0 Å². The van der Waals surface area contributed by atoms with Gasteiger partial charge in [0, 0.05) is 18.5 Å². The number of amides is 1. The molecule has 0 aliphatic carbocycles. The number of hydrogen-bond acceptors (Lipinski definition) is 5.